The number of anilines is 1. The molecule has 0 aliphatic carbocycles. The second-order valence-corrected chi connectivity index (χ2v) is 2.91. The van der Waals surface area contributed by atoms with Gasteiger partial charge in [-0.3, -0.25) is 5.32 Å². The molecule has 3 nitrogen and oxygen atoms in total. The van der Waals surface area contributed by atoms with Gasteiger partial charge in [0, 0.05) is 4.47 Å². The molecule has 64 valence electrons. The number of hydrogen-bond acceptors (Lipinski definition) is 1. The van der Waals surface area contributed by atoms with E-state index in [2.05, 4.69) is 21.2 Å². The van der Waals surface area contributed by atoms with E-state index in [9.17, 15) is 9.18 Å². The summed E-state index contributed by atoms with van der Waals surface area (Å²) in [5, 5.41) is 10.4. The number of carbonyl (C=O) groups is 1. The number of carboxylic acid groups (broad SMARTS) is 1. The van der Waals surface area contributed by atoms with Gasteiger partial charge in [-0.15, -0.1) is 0 Å². The average Bonchev–Trinajstić information content (AvgIpc) is 1.94. The molecule has 0 spiro atoms. The number of halogens is 2. The minimum Gasteiger partial charge on any atom is -0.465 e. The highest BCUT2D eigenvalue weighted by Gasteiger charge is 2.03. The molecule has 1 rings (SSSR count). The highest BCUT2D eigenvalue weighted by Crippen LogP contribution is 2.22. The molecule has 2 N–H and O–H groups in total. The van der Waals surface area contributed by atoms with Crippen molar-refractivity contribution in [1.29, 1.82) is 0 Å². The fourth-order valence-electron chi connectivity index (χ4n) is 0.706. The number of benzene rings is 1. The van der Waals surface area contributed by atoms with Gasteiger partial charge in [-0.05, 0) is 34.1 Å². The minimum absolute atomic E-state index is 0.323. The van der Waals surface area contributed by atoms with Crippen LogP contribution in [-0.2, 0) is 0 Å². The molecule has 0 radical (unpaired) electrons. The molecule has 0 unspecified atom stereocenters. The zero-order valence-electron chi connectivity index (χ0n) is 5.84. The third-order valence-corrected chi connectivity index (χ3v) is 1.83. The molecule has 0 aliphatic heterocycles. The molecule has 0 heterocycles. The van der Waals surface area contributed by atoms with Crippen LogP contribution in [0.25, 0.3) is 0 Å². The van der Waals surface area contributed by atoms with Crippen LogP contribution in [0, 0.1) is 5.82 Å². The summed E-state index contributed by atoms with van der Waals surface area (Å²) in [7, 11) is 0. The van der Waals surface area contributed by atoms with E-state index in [1.807, 2.05) is 0 Å². The second kappa shape index (κ2) is 3.53. The molecule has 0 bridgehead atoms. The van der Waals surface area contributed by atoms with Crippen LogP contribution in [0.15, 0.2) is 22.7 Å². The van der Waals surface area contributed by atoms with Gasteiger partial charge in [0.25, 0.3) is 0 Å². The summed E-state index contributed by atoms with van der Waals surface area (Å²) < 4.78 is 12.9. The van der Waals surface area contributed by atoms with E-state index >= 15 is 0 Å². The van der Waals surface area contributed by atoms with Gasteiger partial charge in [0.05, 0.1) is 5.69 Å². The van der Waals surface area contributed by atoms with E-state index < -0.39 is 11.9 Å². The monoisotopic (exact) mass is 233 g/mol. The van der Waals surface area contributed by atoms with Crippen LogP contribution in [0.2, 0.25) is 0 Å². The second-order valence-electron chi connectivity index (χ2n) is 2.05. The smallest absolute Gasteiger partial charge is 0.409 e. The van der Waals surface area contributed by atoms with Crippen LogP contribution in [0.3, 0.4) is 0 Å². The standard InChI is InChI=1S/C7H5BrFNO2/c8-5-3-4(9)1-2-6(5)10-7(11)12/h1-3,10H,(H,11,12). The van der Waals surface area contributed by atoms with Gasteiger partial charge in [-0.1, -0.05) is 0 Å². The number of hydrogen-bond donors (Lipinski definition) is 2. The Balaban J connectivity index is 2.93. The SMILES string of the molecule is O=C(O)Nc1ccc(F)cc1Br. The molecule has 0 fully saturated rings. The summed E-state index contributed by atoms with van der Waals surface area (Å²) in [5.74, 6) is -0.419. The van der Waals surface area contributed by atoms with E-state index in [-0.39, 0.29) is 0 Å². The van der Waals surface area contributed by atoms with Crippen molar-refractivity contribution in [3.8, 4) is 0 Å². The largest absolute Gasteiger partial charge is 0.465 e. The molecular formula is C7H5BrFNO2. The first kappa shape index (κ1) is 8.99. The summed E-state index contributed by atoms with van der Waals surface area (Å²) in [5.41, 5.74) is 0.323. The molecule has 0 atom stereocenters. The molecule has 1 aromatic rings. The van der Waals surface area contributed by atoms with Gasteiger partial charge < -0.3 is 5.11 Å². The first-order chi connectivity index (χ1) is 5.59. The van der Waals surface area contributed by atoms with Crippen molar-refractivity contribution >= 4 is 27.7 Å². The molecule has 0 saturated heterocycles. The van der Waals surface area contributed by atoms with Crippen molar-refractivity contribution in [3.63, 3.8) is 0 Å². The summed E-state index contributed by atoms with van der Waals surface area (Å²) >= 11 is 3.01. The Morgan fingerprint density at radius 2 is 2.25 bits per heavy atom. The summed E-state index contributed by atoms with van der Waals surface area (Å²) in [6.45, 7) is 0. The van der Waals surface area contributed by atoms with Crippen LogP contribution in [0.1, 0.15) is 0 Å². The minimum atomic E-state index is -1.18. The predicted octanol–water partition coefficient (Wildman–Crippen LogP) is 2.68. The van der Waals surface area contributed by atoms with Gasteiger partial charge in [-0.25, -0.2) is 9.18 Å². The normalized spacial score (nSPS) is 9.50. The number of amides is 1. The molecule has 12 heavy (non-hydrogen) atoms. The Morgan fingerprint density at radius 1 is 1.58 bits per heavy atom. The first-order valence-corrected chi connectivity index (χ1v) is 3.84. The zero-order valence-corrected chi connectivity index (χ0v) is 7.43. The van der Waals surface area contributed by atoms with Crippen LogP contribution in [-0.4, -0.2) is 11.2 Å². The Hall–Kier alpha value is -1.10. The van der Waals surface area contributed by atoms with Gasteiger partial charge in [-0.2, -0.15) is 0 Å². The van der Waals surface area contributed by atoms with E-state index in [0.717, 1.165) is 0 Å². The molecular weight excluding hydrogens is 229 g/mol. The maximum absolute atomic E-state index is 12.5. The maximum atomic E-state index is 12.5. The fourth-order valence-corrected chi connectivity index (χ4v) is 1.16. The lowest BCUT2D eigenvalue weighted by molar-refractivity contribution is 0.209. The average molecular weight is 234 g/mol. The van der Waals surface area contributed by atoms with E-state index in [1.54, 1.807) is 0 Å². The van der Waals surface area contributed by atoms with Crippen molar-refractivity contribution < 1.29 is 14.3 Å². The summed E-state index contributed by atoms with van der Waals surface area (Å²) in [6, 6.07) is 3.70. The third kappa shape index (κ3) is 2.20. The molecule has 0 saturated carbocycles. The molecule has 1 amide bonds. The van der Waals surface area contributed by atoms with Crippen LogP contribution < -0.4 is 5.32 Å². The van der Waals surface area contributed by atoms with E-state index in [4.69, 9.17) is 5.11 Å². The maximum Gasteiger partial charge on any atom is 0.409 e. The van der Waals surface area contributed by atoms with Crippen LogP contribution in [0.5, 0.6) is 0 Å². The lowest BCUT2D eigenvalue weighted by atomic mass is 10.3. The number of nitrogens with one attached hydrogen (secondary N) is 1. The molecule has 1 aromatic carbocycles. The summed E-state index contributed by atoms with van der Waals surface area (Å²) in [6.07, 6.45) is -1.18. The Kier molecular flexibility index (Phi) is 2.65. The molecule has 0 aromatic heterocycles. The van der Waals surface area contributed by atoms with Crippen molar-refractivity contribution in [3.05, 3.63) is 28.5 Å². The molecule has 0 aliphatic rings. The fraction of sp³-hybridized carbons (Fsp3) is 0. The highest BCUT2D eigenvalue weighted by atomic mass is 79.9. The van der Waals surface area contributed by atoms with Crippen molar-refractivity contribution in [2.24, 2.45) is 0 Å². The van der Waals surface area contributed by atoms with Gasteiger partial charge in [0.1, 0.15) is 5.82 Å². The van der Waals surface area contributed by atoms with E-state index in [0.29, 0.717) is 10.2 Å². The van der Waals surface area contributed by atoms with Crippen molar-refractivity contribution in [2.45, 2.75) is 0 Å². The zero-order chi connectivity index (χ0) is 9.14. The Labute approximate surface area is 76.3 Å². The Morgan fingerprint density at radius 3 is 2.75 bits per heavy atom. The van der Waals surface area contributed by atoms with Gasteiger partial charge in [0.15, 0.2) is 0 Å². The van der Waals surface area contributed by atoms with Crippen LogP contribution >= 0.6 is 15.9 Å². The van der Waals surface area contributed by atoms with Crippen LogP contribution in [0.4, 0.5) is 14.9 Å². The lowest BCUT2D eigenvalue weighted by Gasteiger charge is -2.02. The van der Waals surface area contributed by atoms with Crippen molar-refractivity contribution in [1.82, 2.24) is 0 Å². The topological polar surface area (TPSA) is 49.3 Å². The highest BCUT2D eigenvalue weighted by molar-refractivity contribution is 9.10. The van der Waals surface area contributed by atoms with Gasteiger partial charge >= 0.3 is 6.09 Å². The number of rotatable bonds is 1. The quantitative estimate of drug-likeness (QED) is 0.784. The predicted molar refractivity (Wildman–Crippen MR) is 45.7 cm³/mol. The first-order valence-electron chi connectivity index (χ1n) is 3.04. The van der Waals surface area contributed by atoms with E-state index in [1.165, 1.54) is 18.2 Å². The molecule has 5 heteroatoms. The van der Waals surface area contributed by atoms with Gasteiger partial charge in [0.2, 0.25) is 0 Å². The Bertz CT molecular complexity index is 316. The lowest BCUT2D eigenvalue weighted by Crippen LogP contribution is -2.07. The third-order valence-electron chi connectivity index (χ3n) is 1.17. The van der Waals surface area contributed by atoms with Crippen molar-refractivity contribution in [2.75, 3.05) is 5.32 Å². The summed E-state index contributed by atoms with van der Waals surface area (Å²) in [4.78, 5) is 10.2.